The fourth-order valence-electron chi connectivity index (χ4n) is 3.89. The molecule has 1 amide bonds. The van der Waals surface area contributed by atoms with Gasteiger partial charge in [-0.15, -0.1) is 0 Å². The number of nitrogens with zero attached hydrogens (tertiary/aromatic N) is 3. The van der Waals surface area contributed by atoms with Crippen molar-refractivity contribution in [3.8, 4) is 17.2 Å². The second kappa shape index (κ2) is 10.3. The van der Waals surface area contributed by atoms with Gasteiger partial charge in [0.05, 0.1) is 39.2 Å². The Labute approximate surface area is 187 Å². The maximum Gasteiger partial charge on any atom is 0.251 e. The monoisotopic (exact) mass is 436 g/mol. The van der Waals surface area contributed by atoms with E-state index in [-0.39, 0.29) is 11.9 Å². The van der Waals surface area contributed by atoms with Crippen LogP contribution in [0.3, 0.4) is 0 Å². The van der Waals surface area contributed by atoms with Gasteiger partial charge in [-0.2, -0.15) is 5.10 Å². The third-order valence-electron chi connectivity index (χ3n) is 5.63. The van der Waals surface area contributed by atoms with E-state index in [1.165, 1.54) is 0 Å². The standard InChI is InChI=1S/C24H28N4O4/c1-30-22-9-6-19(16-23(22)31-2)21(27-12-14-32-15-13-27)17-25-24(29)18-4-7-20(8-5-18)28-11-3-10-26-28/h3-11,16,21H,12-15,17H2,1-2H3,(H,25,29). The van der Waals surface area contributed by atoms with E-state index in [4.69, 9.17) is 14.2 Å². The van der Waals surface area contributed by atoms with E-state index < -0.39 is 0 Å². The molecule has 32 heavy (non-hydrogen) atoms. The first kappa shape index (κ1) is 21.9. The van der Waals surface area contributed by atoms with Crippen molar-refractivity contribution in [2.45, 2.75) is 6.04 Å². The lowest BCUT2D eigenvalue weighted by Crippen LogP contribution is -2.43. The SMILES string of the molecule is COc1ccc(C(CNC(=O)c2ccc(-n3cccn3)cc2)N2CCOCC2)cc1OC. The Morgan fingerprint density at radius 1 is 1.09 bits per heavy atom. The molecule has 0 radical (unpaired) electrons. The molecule has 1 unspecified atom stereocenters. The van der Waals surface area contributed by atoms with Crippen molar-refractivity contribution in [2.75, 3.05) is 47.1 Å². The van der Waals surface area contributed by atoms with Gasteiger partial charge in [0, 0.05) is 37.6 Å². The number of methoxy groups -OCH3 is 2. The molecule has 3 aromatic rings. The van der Waals surface area contributed by atoms with E-state index in [2.05, 4.69) is 15.3 Å². The summed E-state index contributed by atoms with van der Waals surface area (Å²) in [5.74, 6) is 1.23. The summed E-state index contributed by atoms with van der Waals surface area (Å²) in [7, 11) is 3.24. The van der Waals surface area contributed by atoms with Crippen LogP contribution in [0.1, 0.15) is 22.0 Å². The van der Waals surface area contributed by atoms with E-state index in [0.29, 0.717) is 36.8 Å². The van der Waals surface area contributed by atoms with Crippen LogP contribution in [0.15, 0.2) is 60.9 Å². The molecule has 1 aliphatic rings. The normalized spacial score (nSPS) is 15.2. The Morgan fingerprint density at radius 2 is 1.84 bits per heavy atom. The zero-order valence-electron chi connectivity index (χ0n) is 18.4. The molecular weight excluding hydrogens is 408 g/mol. The highest BCUT2D eigenvalue weighted by atomic mass is 16.5. The Balaban J connectivity index is 1.49. The molecule has 1 aromatic heterocycles. The number of aromatic nitrogens is 2. The molecule has 0 aliphatic carbocycles. The molecule has 0 spiro atoms. The van der Waals surface area contributed by atoms with Gasteiger partial charge in [-0.25, -0.2) is 4.68 Å². The predicted octanol–water partition coefficient (Wildman–Crippen LogP) is 2.69. The van der Waals surface area contributed by atoms with Gasteiger partial charge in [0.1, 0.15) is 0 Å². The average molecular weight is 437 g/mol. The molecule has 8 heteroatoms. The molecular formula is C24H28N4O4. The van der Waals surface area contributed by atoms with Crippen molar-refractivity contribution in [1.82, 2.24) is 20.0 Å². The third-order valence-corrected chi connectivity index (χ3v) is 5.63. The molecule has 1 atom stereocenters. The maximum absolute atomic E-state index is 12.9. The number of hydrogen-bond donors (Lipinski definition) is 1. The number of rotatable bonds is 8. The summed E-state index contributed by atoms with van der Waals surface area (Å²) in [6.07, 6.45) is 3.59. The molecule has 168 valence electrons. The minimum atomic E-state index is -0.115. The van der Waals surface area contributed by atoms with Gasteiger partial charge in [0.2, 0.25) is 0 Å². The minimum absolute atomic E-state index is 0.00833. The molecule has 0 bridgehead atoms. The highest BCUT2D eigenvalue weighted by molar-refractivity contribution is 5.94. The van der Waals surface area contributed by atoms with Crippen LogP contribution in [0, 0.1) is 0 Å². The quantitative estimate of drug-likeness (QED) is 0.585. The fourth-order valence-corrected chi connectivity index (χ4v) is 3.89. The number of morpholine rings is 1. The smallest absolute Gasteiger partial charge is 0.251 e. The highest BCUT2D eigenvalue weighted by Gasteiger charge is 2.24. The number of amides is 1. The Morgan fingerprint density at radius 3 is 2.50 bits per heavy atom. The van der Waals surface area contributed by atoms with Gasteiger partial charge in [0.25, 0.3) is 5.91 Å². The zero-order chi connectivity index (χ0) is 22.3. The Kier molecular flexibility index (Phi) is 7.03. The van der Waals surface area contributed by atoms with Gasteiger partial charge in [-0.1, -0.05) is 6.07 Å². The van der Waals surface area contributed by atoms with Crippen LogP contribution in [0.2, 0.25) is 0 Å². The van der Waals surface area contributed by atoms with Crippen LogP contribution < -0.4 is 14.8 Å². The van der Waals surface area contributed by atoms with Gasteiger partial charge < -0.3 is 19.5 Å². The molecule has 1 saturated heterocycles. The first-order valence-corrected chi connectivity index (χ1v) is 10.6. The Hall–Kier alpha value is -3.36. The van der Waals surface area contributed by atoms with Crippen molar-refractivity contribution in [2.24, 2.45) is 0 Å². The molecule has 0 saturated carbocycles. The van der Waals surface area contributed by atoms with Gasteiger partial charge in [0.15, 0.2) is 11.5 Å². The number of carbonyl (C=O) groups is 1. The van der Waals surface area contributed by atoms with Crippen LogP contribution in [0.5, 0.6) is 11.5 Å². The van der Waals surface area contributed by atoms with E-state index in [1.54, 1.807) is 25.1 Å². The number of nitrogens with one attached hydrogen (secondary N) is 1. The molecule has 2 aromatic carbocycles. The van der Waals surface area contributed by atoms with Crippen molar-refractivity contribution in [3.05, 3.63) is 72.1 Å². The summed E-state index contributed by atoms with van der Waals surface area (Å²) in [5, 5.41) is 7.31. The summed E-state index contributed by atoms with van der Waals surface area (Å²) in [6, 6.07) is 15.1. The largest absolute Gasteiger partial charge is 0.493 e. The topological polar surface area (TPSA) is 77.9 Å². The van der Waals surface area contributed by atoms with E-state index >= 15 is 0 Å². The zero-order valence-corrected chi connectivity index (χ0v) is 18.4. The van der Waals surface area contributed by atoms with Crippen LogP contribution in [0.25, 0.3) is 5.69 Å². The highest BCUT2D eigenvalue weighted by Crippen LogP contribution is 2.32. The van der Waals surface area contributed by atoms with Crippen LogP contribution in [-0.4, -0.2) is 67.7 Å². The fraction of sp³-hybridized carbons (Fsp3) is 0.333. The van der Waals surface area contributed by atoms with Gasteiger partial charge >= 0.3 is 0 Å². The van der Waals surface area contributed by atoms with E-state index in [9.17, 15) is 4.79 Å². The number of ether oxygens (including phenoxy) is 3. The summed E-state index contributed by atoms with van der Waals surface area (Å²) >= 11 is 0. The number of benzene rings is 2. The Bertz CT molecular complexity index is 1010. The van der Waals surface area contributed by atoms with Crippen molar-refractivity contribution >= 4 is 5.91 Å². The first-order valence-electron chi connectivity index (χ1n) is 10.6. The molecule has 1 aliphatic heterocycles. The van der Waals surface area contributed by atoms with E-state index in [1.807, 2.05) is 54.7 Å². The van der Waals surface area contributed by atoms with Crippen LogP contribution in [-0.2, 0) is 4.74 Å². The summed E-state index contributed by atoms with van der Waals surface area (Å²) in [5.41, 5.74) is 2.57. The molecule has 8 nitrogen and oxygen atoms in total. The average Bonchev–Trinajstić information content (AvgIpc) is 3.40. The van der Waals surface area contributed by atoms with Gasteiger partial charge in [-0.3, -0.25) is 9.69 Å². The molecule has 2 heterocycles. The van der Waals surface area contributed by atoms with Gasteiger partial charge in [-0.05, 0) is 48.0 Å². The van der Waals surface area contributed by atoms with E-state index in [0.717, 1.165) is 24.3 Å². The van der Waals surface area contributed by atoms with Crippen molar-refractivity contribution in [1.29, 1.82) is 0 Å². The second-order valence-electron chi connectivity index (χ2n) is 7.49. The number of hydrogen-bond acceptors (Lipinski definition) is 6. The summed E-state index contributed by atoms with van der Waals surface area (Å²) < 4.78 is 18.1. The summed E-state index contributed by atoms with van der Waals surface area (Å²) in [6.45, 7) is 3.41. The lowest BCUT2D eigenvalue weighted by Gasteiger charge is -2.35. The molecule has 1 fully saturated rings. The second-order valence-corrected chi connectivity index (χ2v) is 7.49. The minimum Gasteiger partial charge on any atom is -0.493 e. The third kappa shape index (κ3) is 4.92. The van der Waals surface area contributed by atoms with Crippen LogP contribution in [0.4, 0.5) is 0 Å². The summed E-state index contributed by atoms with van der Waals surface area (Å²) in [4.78, 5) is 15.2. The maximum atomic E-state index is 12.9. The lowest BCUT2D eigenvalue weighted by atomic mass is 10.0. The molecule has 4 rings (SSSR count). The van der Waals surface area contributed by atoms with Crippen LogP contribution >= 0.6 is 0 Å². The lowest BCUT2D eigenvalue weighted by molar-refractivity contribution is 0.0162. The first-order chi connectivity index (χ1) is 15.7. The molecule has 1 N–H and O–H groups in total. The van der Waals surface area contributed by atoms with Crippen molar-refractivity contribution < 1.29 is 19.0 Å². The predicted molar refractivity (Wildman–Crippen MR) is 121 cm³/mol. The number of carbonyl (C=O) groups excluding carboxylic acids is 1. The van der Waals surface area contributed by atoms with Crippen molar-refractivity contribution in [3.63, 3.8) is 0 Å².